The van der Waals surface area contributed by atoms with Crippen LogP contribution in [0.3, 0.4) is 0 Å². The first kappa shape index (κ1) is 21.8. The van der Waals surface area contributed by atoms with E-state index in [0.29, 0.717) is 24.3 Å². The van der Waals surface area contributed by atoms with Gasteiger partial charge in [-0.15, -0.1) is 8.78 Å². The summed E-state index contributed by atoms with van der Waals surface area (Å²) in [5.74, 6) is 0.226. The molecule has 1 aromatic heterocycles. The number of nitrogens with zero attached hydrogens (tertiary/aromatic N) is 2. The van der Waals surface area contributed by atoms with Gasteiger partial charge in [-0.25, -0.2) is 4.98 Å². The van der Waals surface area contributed by atoms with E-state index < -0.39 is 5.57 Å². The molecular formula is C19H22ClF2N3O3. The maximum Gasteiger partial charge on any atom is 0.487 e. The molecule has 0 aliphatic carbocycles. The van der Waals surface area contributed by atoms with E-state index in [0.717, 1.165) is 11.4 Å². The Hall–Kier alpha value is -2.45. The number of benzene rings is 1. The van der Waals surface area contributed by atoms with E-state index in [-0.39, 0.29) is 17.8 Å². The maximum absolute atomic E-state index is 12.6. The van der Waals surface area contributed by atoms with Gasteiger partial charge >= 0.3 is 5.57 Å². The maximum atomic E-state index is 12.6. The second-order valence-corrected chi connectivity index (χ2v) is 6.39. The van der Waals surface area contributed by atoms with E-state index in [4.69, 9.17) is 11.6 Å². The van der Waals surface area contributed by atoms with Crippen LogP contribution in [0.1, 0.15) is 29.8 Å². The Morgan fingerprint density at radius 1 is 1.32 bits per heavy atom. The molecule has 28 heavy (non-hydrogen) atoms. The lowest BCUT2D eigenvalue weighted by Gasteiger charge is -2.37. The third-order valence-corrected chi connectivity index (χ3v) is 3.90. The van der Waals surface area contributed by atoms with Gasteiger partial charge in [0.15, 0.2) is 0 Å². The molecule has 1 aromatic carbocycles. The molecule has 1 saturated heterocycles. The van der Waals surface area contributed by atoms with Crippen LogP contribution >= 0.6 is 11.6 Å². The van der Waals surface area contributed by atoms with Crippen molar-refractivity contribution in [1.82, 2.24) is 4.98 Å². The highest BCUT2D eigenvalue weighted by molar-refractivity contribution is 6.20. The fourth-order valence-electron chi connectivity index (χ4n) is 2.59. The fraction of sp³-hybridized carbons (Fsp3) is 0.368. The van der Waals surface area contributed by atoms with Crippen LogP contribution in [0.4, 0.5) is 20.3 Å². The van der Waals surface area contributed by atoms with E-state index in [1.54, 1.807) is 6.07 Å². The minimum absolute atomic E-state index is 0.124. The second-order valence-electron chi connectivity index (χ2n) is 5.95. The number of amides is 1. The van der Waals surface area contributed by atoms with Crippen LogP contribution in [0, 0.1) is 6.92 Å². The monoisotopic (exact) mass is 413 g/mol. The Morgan fingerprint density at radius 3 is 2.43 bits per heavy atom. The van der Waals surface area contributed by atoms with Gasteiger partial charge in [0, 0.05) is 36.6 Å². The van der Waals surface area contributed by atoms with Gasteiger partial charge in [0.1, 0.15) is 11.6 Å². The zero-order chi connectivity index (χ0) is 20.9. The number of halogens is 3. The summed E-state index contributed by atoms with van der Waals surface area (Å²) in [7, 11) is 0. The topological polar surface area (TPSA) is 74.7 Å². The highest BCUT2D eigenvalue weighted by Gasteiger charge is 2.28. The molecule has 0 bridgehead atoms. The van der Waals surface area contributed by atoms with Crippen molar-refractivity contribution in [3.05, 3.63) is 47.7 Å². The molecule has 1 amide bonds. The number of hydrogen-bond donors (Lipinski definition) is 2. The van der Waals surface area contributed by atoms with Gasteiger partial charge in [-0.1, -0.05) is 13.8 Å². The Morgan fingerprint density at radius 2 is 1.93 bits per heavy atom. The van der Waals surface area contributed by atoms with Crippen molar-refractivity contribution in [2.75, 3.05) is 23.3 Å². The molecule has 1 aliphatic heterocycles. The number of anilines is 2. The molecule has 0 saturated carbocycles. The number of alkyl halides is 3. The summed E-state index contributed by atoms with van der Waals surface area (Å²) in [6, 6.07) is 7.09. The lowest BCUT2D eigenvalue weighted by atomic mass is 10.1. The molecule has 2 heterocycles. The summed E-state index contributed by atoms with van der Waals surface area (Å²) >= 11 is 4.69. The summed E-state index contributed by atoms with van der Waals surface area (Å²) in [5, 5.41) is 12.0. The number of carbonyl (C=O) groups excluding carboxylic acids is 1. The normalized spacial score (nSPS) is 13.9. The minimum atomic E-state index is -3.79. The number of rotatable bonds is 5. The highest BCUT2D eigenvalue weighted by atomic mass is 35.5. The van der Waals surface area contributed by atoms with Crippen LogP contribution in [0.15, 0.2) is 36.5 Å². The lowest BCUT2D eigenvalue weighted by molar-refractivity contribution is -0.0964. The van der Waals surface area contributed by atoms with Gasteiger partial charge in [-0.2, -0.15) is 0 Å². The van der Waals surface area contributed by atoms with Gasteiger partial charge in [0.05, 0.1) is 11.7 Å². The van der Waals surface area contributed by atoms with Crippen molar-refractivity contribution >= 4 is 29.0 Å². The predicted molar refractivity (Wildman–Crippen MR) is 104 cm³/mol. The number of β-amino-alcohol motifs (C(OH)–C–C–N with tert-alkyl or cyclic N) is 1. The lowest BCUT2D eigenvalue weighted by Crippen LogP contribution is -2.51. The molecule has 3 rings (SSSR count). The average Bonchev–Trinajstić information content (AvgIpc) is 2.61. The van der Waals surface area contributed by atoms with E-state index >= 15 is 0 Å². The van der Waals surface area contributed by atoms with Crippen LogP contribution in [-0.2, 0) is 0 Å². The number of aromatic nitrogens is 1. The van der Waals surface area contributed by atoms with Gasteiger partial charge in [0.25, 0.3) is 5.91 Å². The van der Waals surface area contributed by atoms with Crippen molar-refractivity contribution in [3.63, 3.8) is 0 Å². The molecular weight excluding hydrogens is 392 g/mol. The number of hydrogen-bond acceptors (Lipinski definition) is 5. The largest absolute Gasteiger partial charge is 0.487 e. The molecule has 9 heteroatoms. The average molecular weight is 414 g/mol. The van der Waals surface area contributed by atoms with E-state index in [1.807, 2.05) is 25.7 Å². The van der Waals surface area contributed by atoms with Crippen LogP contribution in [-0.4, -0.2) is 40.8 Å². The Balaban J connectivity index is 0.00000136. The van der Waals surface area contributed by atoms with Crippen molar-refractivity contribution in [2.45, 2.75) is 32.4 Å². The number of aliphatic hydroxyl groups excluding tert-OH is 1. The third-order valence-electron chi connectivity index (χ3n) is 3.82. The number of aliphatic hydroxyl groups is 1. The molecule has 1 fully saturated rings. The highest BCUT2D eigenvalue weighted by Crippen LogP contribution is 2.26. The van der Waals surface area contributed by atoms with Crippen LogP contribution in [0.2, 0.25) is 0 Å². The molecule has 2 aromatic rings. The number of pyridine rings is 1. The third kappa shape index (κ3) is 5.77. The first-order valence-electron chi connectivity index (χ1n) is 8.78. The SMILES string of the molecule is CC.Cc1cc(C(=O)Nc2ccc(OC(F)(F)Cl)cc2)cnc1N1CC(O)C1. The number of carbonyl (C=O) groups is 1. The summed E-state index contributed by atoms with van der Waals surface area (Å²) in [4.78, 5) is 18.5. The molecule has 0 spiro atoms. The van der Waals surface area contributed by atoms with Crippen LogP contribution in [0.5, 0.6) is 5.75 Å². The Kier molecular flexibility index (Phi) is 7.15. The number of nitrogens with one attached hydrogen (secondary N) is 1. The molecule has 0 unspecified atom stereocenters. The quantitative estimate of drug-likeness (QED) is 0.724. The fourth-order valence-corrected chi connectivity index (χ4v) is 2.68. The van der Waals surface area contributed by atoms with Gasteiger partial charge in [-0.3, -0.25) is 4.79 Å². The summed E-state index contributed by atoms with van der Waals surface area (Å²) < 4.78 is 29.3. The van der Waals surface area contributed by atoms with Crippen molar-refractivity contribution < 1.29 is 23.4 Å². The zero-order valence-corrected chi connectivity index (χ0v) is 16.5. The minimum Gasteiger partial charge on any atom is -0.420 e. The number of ether oxygens (including phenoxy) is 1. The predicted octanol–water partition coefficient (Wildman–Crippen LogP) is 4.02. The smallest absolute Gasteiger partial charge is 0.420 e. The number of aryl methyl sites for hydroxylation is 1. The van der Waals surface area contributed by atoms with Crippen molar-refractivity contribution in [3.8, 4) is 5.75 Å². The standard InChI is InChI=1S/C17H16ClF2N3O3.C2H6/c1-10-6-11(7-21-15(10)23-8-13(24)9-23)16(25)22-12-2-4-14(5-3-12)26-17(18,19)20;1-2/h2-7,13,24H,8-9H2,1H3,(H,22,25);1-2H3. The van der Waals surface area contributed by atoms with Crippen molar-refractivity contribution in [1.29, 1.82) is 0 Å². The first-order chi connectivity index (χ1) is 13.2. The summed E-state index contributed by atoms with van der Waals surface area (Å²) in [6.45, 7) is 6.88. The zero-order valence-electron chi connectivity index (χ0n) is 15.7. The Bertz CT molecular complexity index is 807. The molecule has 152 valence electrons. The molecule has 0 atom stereocenters. The van der Waals surface area contributed by atoms with Crippen LogP contribution in [0.25, 0.3) is 0 Å². The first-order valence-corrected chi connectivity index (χ1v) is 9.16. The molecule has 0 radical (unpaired) electrons. The van der Waals surface area contributed by atoms with E-state index in [2.05, 4.69) is 15.0 Å². The van der Waals surface area contributed by atoms with Crippen LogP contribution < -0.4 is 15.0 Å². The van der Waals surface area contributed by atoms with Gasteiger partial charge < -0.3 is 20.1 Å². The second kappa shape index (κ2) is 9.16. The molecule has 2 N–H and O–H groups in total. The van der Waals surface area contributed by atoms with E-state index in [9.17, 15) is 18.7 Å². The molecule has 6 nitrogen and oxygen atoms in total. The molecule has 1 aliphatic rings. The summed E-state index contributed by atoms with van der Waals surface area (Å²) in [5.41, 5.74) is -2.20. The Labute approximate surface area is 167 Å². The van der Waals surface area contributed by atoms with Gasteiger partial charge in [-0.05, 0) is 42.8 Å². The van der Waals surface area contributed by atoms with E-state index in [1.165, 1.54) is 30.5 Å². The summed E-state index contributed by atoms with van der Waals surface area (Å²) in [6.07, 6.45) is 1.11. The van der Waals surface area contributed by atoms with Gasteiger partial charge in [0.2, 0.25) is 0 Å². The van der Waals surface area contributed by atoms with Crippen molar-refractivity contribution in [2.24, 2.45) is 0 Å².